The van der Waals surface area contributed by atoms with Crippen molar-refractivity contribution < 1.29 is 13.2 Å². The van der Waals surface area contributed by atoms with Crippen LogP contribution in [0.1, 0.15) is 26.2 Å². The van der Waals surface area contributed by atoms with E-state index in [0.717, 1.165) is 25.0 Å². The van der Waals surface area contributed by atoms with Crippen molar-refractivity contribution in [1.29, 1.82) is 0 Å². The molecular weight excluding hydrogens is 250 g/mol. The summed E-state index contributed by atoms with van der Waals surface area (Å²) >= 11 is 0. The lowest BCUT2D eigenvalue weighted by Gasteiger charge is -2.22. The molecule has 2 atom stereocenters. The van der Waals surface area contributed by atoms with Gasteiger partial charge in [0.15, 0.2) is 0 Å². The fourth-order valence-electron chi connectivity index (χ4n) is 2.19. The first-order valence-corrected chi connectivity index (χ1v) is 7.97. The zero-order chi connectivity index (χ0) is 13.0. The Kier molecular flexibility index (Phi) is 4.24. The first-order valence-electron chi connectivity index (χ1n) is 6.32. The van der Waals surface area contributed by atoms with Gasteiger partial charge < -0.3 is 4.74 Å². The molecule has 1 aromatic rings. The molecule has 2 rings (SSSR count). The minimum Gasteiger partial charge on any atom is -0.489 e. The molecule has 5 heteroatoms. The second-order valence-corrected chi connectivity index (χ2v) is 6.57. The monoisotopic (exact) mass is 269 g/mol. The van der Waals surface area contributed by atoms with Gasteiger partial charge in [0.2, 0.25) is 10.0 Å². The number of sulfonamides is 1. The van der Waals surface area contributed by atoms with Crippen molar-refractivity contribution in [2.75, 3.05) is 5.75 Å². The molecule has 0 heterocycles. The van der Waals surface area contributed by atoms with Gasteiger partial charge in [-0.05, 0) is 38.3 Å². The van der Waals surface area contributed by atoms with Crippen LogP contribution in [0.3, 0.4) is 0 Å². The van der Waals surface area contributed by atoms with E-state index in [1.165, 1.54) is 0 Å². The summed E-state index contributed by atoms with van der Waals surface area (Å²) in [5, 5.41) is 0. The van der Waals surface area contributed by atoms with E-state index in [-0.39, 0.29) is 17.9 Å². The zero-order valence-corrected chi connectivity index (χ0v) is 11.3. The molecule has 0 saturated heterocycles. The van der Waals surface area contributed by atoms with Gasteiger partial charge in [0.1, 0.15) is 11.9 Å². The molecule has 0 radical (unpaired) electrons. The van der Waals surface area contributed by atoms with Crippen LogP contribution in [-0.4, -0.2) is 26.3 Å². The Morgan fingerprint density at radius 3 is 2.67 bits per heavy atom. The molecule has 1 saturated carbocycles. The largest absolute Gasteiger partial charge is 0.489 e. The average molecular weight is 269 g/mol. The Balaban J connectivity index is 2.00. The molecule has 1 N–H and O–H groups in total. The molecular formula is C13H19NO3S. The lowest BCUT2D eigenvalue weighted by atomic mass is 10.2. The maximum atomic E-state index is 11.6. The van der Waals surface area contributed by atoms with Gasteiger partial charge in [0.25, 0.3) is 0 Å². The predicted octanol–water partition coefficient (Wildman–Crippen LogP) is 1.93. The van der Waals surface area contributed by atoms with E-state index in [2.05, 4.69) is 4.72 Å². The van der Waals surface area contributed by atoms with E-state index in [1.54, 1.807) is 6.92 Å². The molecule has 4 nitrogen and oxygen atoms in total. The lowest BCUT2D eigenvalue weighted by molar-refractivity contribution is 0.185. The Morgan fingerprint density at radius 2 is 2.00 bits per heavy atom. The molecule has 0 spiro atoms. The number of rotatable bonds is 5. The predicted molar refractivity (Wildman–Crippen MR) is 71.1 cm³/mol. The van der Waals surface area contributed by atoms with Crippen LogP contribution in [0.4, 0.5) is 0 Å². The Hall–Kier alpha value is -1.07. The van der Waals surface area contributed by atoms with Crippen molar-refractivity contribution in [1.82, 2.24) is 4.72 Å². The summed E-state index contributed by atoms with van der Waals surface area (Å²) in [6, 6.07) is 9.44. The molecule has 0 amide bonds. The van der Waals surface area contributed by atoms with E-state index in [4.69, 9.17) is 4.74 Å². The zero-order valence-electron chi connectivity index (χ0n) is 10.5. The highest BCUT2D eigenvalue weighted by atomic mass is 32.2. The second-order valence-electron chi connectivity index (χ2n) is 4.53. The minimum atomic E-state index is -3.16. The highest BCUT2D eigenvalue weighted by Crippen LogP contribution is 2.25. The number of hydrogen-bond donors (Lipinski definition) is 1. The van der Waals surface area contributed by atoms with E-state index >= 15 is 0 Å². The van der Waals surface area contributed by atoms with Crippen LogP contribution >= 0.6 is 0 Å². The first kappa shape index (κ1) is 13.4. The summed E-state index contributed by atoms with van der Waals surface area (Å²) in [6.45, 7) is 1.64. The van der Waals surface area contributed by atoms with Crippen LogP contribution in [-0.2, 0) is 10.0 Å². The first-order chi connectivity index (χ1) is 8.61. The molecule has 1 aromatic carbocycles. The van der Waals surface area contributed by atoms with Gasteiger partial charge in [-0.25, -0.2) is 13.1 Å². The second kappa shape index (κ2) is 5.71. The third-order valence-electron chi connectivity index (χ3n) is 3.19. The van der Waals surface area contributed by atoms with E-state index in [0.29, 0.717) is 0 Å². The summed E-state index contributed by atoms with van der Waals surface area (Å²) in [4.78, 5) is 0. The van der Waals surface area contributed by atoms with Gasteiger partial charge in [0.05, 0.1) is 11.8 Å². The minimum absolute atomic E-state index is 0.0614. The fraction of sp³-hybridized carbons (Fsp3) is 0.538. The van der Waals surface area contributed by atoms with Crippen molar-refractivity contribution in [3.8, 4) is 5.75 Å². The summed E-state index contributed by atoms with van der Waals surface area (Å²) in [7, 11) is -3.16. The van der Waals surface area contributed by atoms with Crippen molar-refractivity contribution in [2.45, 2.75) is 38.3 Å². The average Bonchev–Trinajstić information content (AvgIpc) is 2.77. The SMILES string of the molecule is CCS(=O)(=O)N[C@@H]1CCC[C@@H]1Oc1ccccc1. The molecule has 1 fully saturated rings. The molecule has 0 bridgehead atoms. The van der Waals surface area contributed by atoms with Crippen LogP contribution in [0, 0.1) is 0 Å². The third kappa shape index (κ3) is 3.46. The quantitative estimate of drug-likeness (QED) is 0.888. The normalized spacial score (nSPS) is 24.1. The van der Waals surface area contributed by atoms with Crippen LogP contribution in [0.25, 0.3) is 0 Å². The molecule has 0 aromatic heterocycles. The maximum Gasteiger partial charge on any atom is 0.211 e. The fourth-order valence-corrected chi connectivity index (χ4v) is 3.09. The van der Waals surface area contributed by atoms with Gasteiger partial charge in [-0.1, -0.05) is 18.2 Å². The summed E-state index contributed by atoms with van der Waals surface area (Å²) < 4.78 is 31.7. The third-order valence-corrected chi connectivity index (χ3v) is 4.62. The van der Waals surface area contributed by atoms with Crippen molar-refractivity contribution in [3.05, 3.63) is 30.3 Å². The molecule has 18 heavy (non-hydrogen) atoms. The van der Waals surface area contributed by atoms with Gasteiger partial charge in [-0.2, -0.15) is 0 Å². The molecule has 0 aliphatic heterocycles. The Bertz CT molecular complexity index is 472. The highest BCUT2D eigenvalue weighted by Gasteiger charge is 2.31. The maximum absolute atomic E-state index is 11.6. The van der Waals surface area contributed by atoms with E-state index < -0.39 is 10.0 Å². The topological polar surface area (TPSA) is 55.4 Å². The summed E-state index contributed by atoms with van der Waals surface area (Å²) in [5.74, 6) is 0.909. The number of ether oxygens (including phenoxy) is 1. The summed E-state index contributed by atoms with van der Waals surface area (Å²) in [5.41, 5.74) is 0. The molecule has 100 valence electrons. The number of benzene rings is 1. The van der Waals surface area contributed by atoms with E-state index in [9.17, 15) is 8.42 Å². The Morgan fingerprint density at radius 1 is 1.28 bits per heavy atom. The van der Waals surface area contributed by atoms with Crippen molar-refractivity contribution in [3.63, 3.8) is 0 Å². The summed E-state index contributed by atoms with van der Waals surface area (Å²) in [6.07, 6.45) is 2.67. The molecule has 1 aliphatic rings. The smallest absolute Gasteiger partial charge is 0.211 e. The highest BCUT2D eigenvalue weighted by molar-refractivity contribution is 7.89. The number of para-hydroxylation sites is 1. The van der Waals surface area contributed by atoms with Crippen LogP contribution < -0.4 is 9.46 Å². The number of nitrogens with one attached hydrogen (secondary N) is 1. The van der Waals surface area contributed by atoms with Crippen molar-refractivity contribution in [2.24, 2.45) is 0 Å². The van der Waals surface area contributed by atoms with Crippen LogP contribution in [0.2, 0.25) is 0 Å². The lowest BCUT2D eigenvalue weighted by Crippen LogP contribution is -2.42. The van der Waals surface area contributed by atoms with Gasteiger partial charge >= 0.3 is 0 Å². The van der Waals surface area contributed by atoms with Crippen molar-refractivity contribution >= 4 is 10.0 Å². The van der Waals surface area contributed by atoms with Gasteiger partial charge in [-0.15, -0.1) is 0 Å². The van der Waals surface area contributed by atoms with Gasteiger partial charge in [0, 0.05) is 0 Å². The molecule has 1 aliphatic carbocycles. The van der Waals surface area contributed by atoms with Crippen LogP contribution in [0.5, 0.6) is 5.75 Å². The van der Waals surface area contributed by atoms with Crippen LogP contribution in [0.15, 0.2) is 30.3 Å². The number of hydrogen-bond acceptors (Lipinski definition) is 3. The Labute approximate surface area is 108 Å². The molecule has 0 unspecified atom stereocenters. The standard InChI is InChI=1S/C13H19NO3S/c1-2-18(15,16)14-12-9-6-10-13(12)17-11-7-4-3-5-8-11/h3-5,7-8,12-14H,2,6,9-10H2,1H3/t12-,13+/m1/s1. The van der Waals surface area contributed by atoms with Gasteiger partial charge in [-0.3, -0.25) is 0 Å². The van der Waals surface area contributed by atoms with E-state index in [1.807, 2.05) is 30.3 Å².